The lowest BCUT2D eigenvalue weighted by molar-refractivity contribution is -0.164. The summed E-state index contributed by atoms with van der Waals surface area (Å²) in [5.74, 6) is 8.28. The zero-order chi connectivity index (χ0) is 73.1. The molecule has 24 atom stereocenters. The van der Waals surface area contributed by atoms with Gasteiger partial charge in [0.05, 0.1) is 47.1 Å². The molecule has 3 aromatic heterocycles. The number of nitrogens with zero attached hydrogens (tertiary/aromatic N) is 7. The number of hydrogen-bond acceptors (Lipinski definition) is 17. The normalized spacial score (nSPS) is 38.1. The monoisotopic (exact) mass is 1490 g/mol. The molecule has 4 saturated heterocycles. The first-order valence-corrected chi connectivity index (χ1v) is 42.9. The maximum atomic E-state index is 13.8. The van der Waals surface area contributed by atoms with Crippen LogP contribution in [0.3, 0.4) is 0 Å². The van der Waals surface area contributed by atoms with Crippen molar-refractivity contribution in [1.29, 1.82) is 0 Å². The summed E-state index contributed by atoms with van der Waals surface area (Å²) in [5, 5.41) is 32.3. The van der Waals surface area contributed by atoms with Crippen LogP contribution in [0.2, 0.25) is 0 Å². The van der Waals surface area contributed by atoms with Crippen molar-refractivity contribution in [2.75, 3.05) is 31.3 Å². The van der Waals surface area contributed by atoms with Gasteiger partial charge in [0.25, 0.3) is 0 Å². The zero-order valence-corrected chi connectivity index (χ0v) is 64.6. The highest BCUT2D eigenvalue weighted by Crippen LogP contribution is 2.71. The number of benzene rings is 2. The largest absolute Gasteiger partial charge is 0.464 e. The van der Waals surface area contributed by atoms with Gasteiger partial charge in [0.15, 0.2) is 0 Å². The molecule has 17 rings (SSSR count). The van der Waals surface area contributed by atoms with Crippen molar-refractivity contribution < 1.29 is 47.7 Å². The summed E-state index contributed by atoms with van der Waals surface area (Å²) in [5.41, 5.74) is 12.5. The number of fused-ring (bicyclic) bond motifs is 15. The van der Waals surface area contributed by atoms with Gasteiger partial charge in [-0.1, -0.05) is 76.2 Å². The van der Waals surface area contributed by atoms with Gasteiger partial charge < -0.3 is 50.5 Å². The summed E-state index contributed by atoms with van der Waals surface area (Å²) >= 11 is 3.53. The minimum absolute atomic E-state index is 0.0120. The van der Waals surface area contributed by atoms with Crippen LogP contribution in [0.25, 0.3) is 44.3 Å². The number of nitrogens with two attached hydrogens (primary N) is 1. The highest BCUT2D eigenvalue weighted by molar-refractivity contribution is 8.00. The predicted octanol–water partition coefficient (Wildman–Crippen LogP) is 12.7. The smallest absolute Gasteiger partial charge is 0.328 e. The molecule has 6 N–H and O–H groups in total. The minimum Gasteiger partial charge on any atom is -0.464 e. The van der Waals surface area contributed by atoms with E-state index < -0.39 is 0 Å². The highest BCUT2D eigenvalue weighted by atomic mass is 32.2. The third-order valence-electron chi connectivity index (χ3n) is 31.1. The summed E-state index contributed by atoms with van der Waals surface area (Å²) in [7, 11) is 0. The summed E-state index contributed by atoms with van der Waals surface area (Å²) < 4.78 is 29.7. The van der Waals surface area contributed by atoms with Gasteiger partial charge in [0, 0.05) is 70.4 Å². The lowest BCUT2D eigenvalue weighted by Crippen LogP contribution is -2.54. The van der Waals surface area contributed by atoms with Crippen LogP contribution in [0.15, 0.2) is 48.8 Å². The van der Waals surface area contributed by atoms with Gasteiger partial charge in [-0.15, -0.1) is 10.2 Å². The third kappa shape index (κ3) is 13.2. The van der Waals surface area contributed by atoms with Crippen LogP contribution in [-0.2, 0) is 57.8 Å². The number of carbonyl (C=O) groups excluding carboxylic acids is 6. The quantitative estimate of drug-likeness (QED) is 0.0245. The first kappa shape index (κ1) is 72.5. The van der Waals surface area contributed by atoms with E-state index in [1.54, 1.807) is 32.9 Å². The molecular formula is C82H112N12O10S2. The molecule has 8 aliphatic carbocycles. The van der Waals surface area contributed by atoms with E-state index >= 15 is 0 Å². The van der Waals surface area contributed by atoms with Crippen molar-refractivity contribution in [2.24, 2.45) is 98.4 Å². The number of ether oxygens (including phenoxy) is 4. The number of urea groups is 2. The number of rotatable bonds is 22. The second-order valence-corrected chi connectivity index (χ2v) is 38.7. The van der Waals surface area contributed by atoms with Gasteiger partial charge in [0.2, 0.25) is 0 Å². The number of thioether (sulfide) groups is 2. The van der Waals surface area contributed by atoms with Crippen molar-refractivity contribution >= 4 is 81.3 Å². The number of aromatic nitrogens is 7. The fourth-order valence-electron chi connectivity index (χ4n) is 25.8. The Hall–Kier alpha value is -6.40. The van der Waals surface area contributed by atoms with Gasteiger partial charge in [-0.2, -0.15) is 23.5 Å². The molecule has 12 aliphatic rings. The second kappa shape index (κ2) is 28.8. The number of carbonyl (C=O) groups is 6. The Balaban J connectivity index is 0.464. The Kier molecular flexibility index (Phi) is 19.7. The Morgan fingerprint density at radius 3 is 1.42 bits per heavy atom. The molecule has 24 heteroatoms. The Morgan fingerprint density at radius 1 is 0.547 bits per heavy atom. The fraction of sp³-hybridized carbons (Fsp3) is 0.732. The van der Waals surface area contributed by atoms with Gasteiger partial charge in [-0.05, 0) is 233 Å². The minimum atomic E-state index is -0.281. The summed E-state index contributed by atoms with van der Waals surface area (Å²) in [6, 6.07) is 12.6. The van der Waals surface area contributed by atoms with E-state index in [0.717, 1.165) is 108 Å². The number of amides is 4. The first-order chi connectivity index (χ1) is 51.1. The SMILES string of the molecule is C[C@H](CCC(=O)OC[C@@H]1SC[C@@H]2NC(=O)N[C@@H]21)C1CC[C@H]2[C@@H]3CC[C@@H]4C[C@H](OC(=O)Cn5cc(-c6ccc7c8ccc(-c9cn(CC(=O)O[C@@H]%10CCC%11(C)C%12CCC%13(C)C([C@H](C)CCC(=O)OC[C@@H]%14SC[C@@H]%15NC(=O)N[C@@H]%15%14)CC[C@H]%13[C@@H]%12CC[C@@H]%11C%10)nn9)cc8n(CCN)c7c6)nn5)CCC4(C)C3CCC12C. The molecule has 7 heterocycles. The van der Waals surface area contributed by atoms with Crippen molar-refractivity contribution in [2.45, 2.75) is 249 Å². The molecule has 0 bridgehead atoms. The molecule has 12 fully saturated rings. The lowest BCUT2D eigenvalue weighted by Gasteiger charge is -2.61. The van der Waals surface area contributed by atoms with Crippen molar-refractivity contribution in [3.05, 3.63) is 48.8 Å². The van der Waals surface area contributed by atoms with E-state index in [1.165, 1.54) is 77.0 Å². The maximum absolute atomic E-state index is 13.8. The lowest BCUT2D eigenvalue weighted by atomic mass is 9.44. The number of esters is 4. The number of nitrogens with one attached hydrogen (secondary N) is 4. The van der Waals surface area contributed by atoms with Crippen molar-refractivity contribution in [3.8, 4) is 22.5 Å². The molecule has 2 aromatic carbocycles. The first-order valence-electron chi connectivity index (χ1n) is 40.8. The van der Waals surface area contributed by atoms with Crippen LogP contribution < -0.4 is 27.0 Å². The molecule has 106 heavy (non-hydrogen) atoms. The maximum Gasteiger partial charge on any atom is 0.328 e. The molecule has 0 radical (unpaired) electrons. The highest BCUT2D eigenvalue weighted by Gasteiger charge is 2.63. The molecule has 0 spiro atoms. The molecule has 4 aliphatic heterocycles. The van der Waals surface area contributed by atoms with Crippen LogP contribution in [-0.4, -0.2) is 149 Å². The Morgan fingerprint density at radius 2 is 0.981 bits per heavy atom. The molecule has 572 valence electrons. The summed E-state index contributed by atoms with van der Waals surface area (Å²) in [6.45, 7) is 16.7. The van der Waals surface area contributed by atoms with Gasteiger partial charge >= 0.3 is 35.9 Å². The van der Waals surface area contributed by atoms with Crippen LogP contribution in [0, 0.1) is 92.7 Å². The summed E-state index contributed by atoms with van der Waals surface area (Å²) in [4.78, 5) is 77.4. The molecule has 5 aromatic rings. The molecule has 4 amide bonds. The summed E-state index contributed by atoms with van der Waals surface area (Å²) in [6.07, 6.45) is 26.7. The standard InChI is InChI=1S/C82H112N12O10S2/c1-45(7-21-71(95)101-41-69-75-65(43-105-69)84-77(99)86-75)57-17-19-59-55-15-11-49-35-51(23-27-79(49,3)61(55)25-29-81(57,59)5)103-73(97)39-92-37-63(88-90-92)47-9-13-53-54-14-10-48(34-68(54)94(32-31-83)67(53)33-47)64-38-93(91-89-64)40-74(98)104-52-24-28-80(4)50(36-52)12-16-56-60-20-18-58(82(60,6)30-26-62(56)80)46(2)8-22-72(96)102-42-70-76-66(44-106-70)85-78(100)87-76/h9-10,13-14,33-34,37-38,45-46,49-52,55-62,65-66,69-70,75-76H,7-8,11-12,15-32,35-36,39-44,83H2,1-6H3,(H2,84,86,99)(H2,85,87,100)/t45-,46-,49-,50-,51-,52-,55+,56+,57?,58?,59+,60+,61?,62?,65+,66+,69+,70+,75+,76+,79?,80?,81?,82?/m1/s1. The molecule has 8 unspecified atom stereocenters. The predicted molar refractivity (Wildman–Crippen MR) is 406 cm³/mol. The molecule has 8 saturated carbocycles. The topological polar surface area (TPSA) is 280 Å². The van der Waals surface area contributed by atoms with E-state index in [9.17, 15) is 28.8 Å². The van der Waals surface area contributed by atoms with Crippen LogP contribution in [0.4, 0.5) is 9.59 Å². The van der Waals surface area contributed by atoms with Crippen molar-refractivity contribution in [1.82, 2.24) is 55.8 Å². The Labute approximate surface area is 631 Å². The Bertz CT molecular complexity index is 3930. The van der Waals surface area contributed by atoms with Crippen molar-refractivity contribution in [3.63, 3.8) is 0 Å². The van der Waals surface area contributed by atoms with E-state index in [4.69, 9.17) is 24.7 Å². The second-order valence-electron chi connectivity index (χ2n) is 36.2. The number of hydrogen-bond donors (Lipinski definition) is 5. The van der Waals surface area contributed by atoms with Crippen LogP contribution >= 0.6 is 23.5 Å². The van der Waals surface area contributed by atoms with Gasteiger partial charge in [0.1, 0.15) is 49.9 Å². The average molecular weight is 1490 g/mol. The van der Waals surface area contributed by atoms with E-state index in [-0.39, 0.29) is 118 Å². The van der Waals surface area contributed by atoms with Crippen LogP contribution in [0.1, 0.15) is 183 Å². The van der Waals surface area contributed by atoms with Gasteiger partial charge in [-0.3, -0.25) is 19.2 Å². The molecule has 22 nitrogen and oxygen atoms in total. The van der Waals surface area contributed by atoms with E-state index in [1.807, 2.05) is 12.4 Å². The van der Waals surface area contributed by atoms with Gasteiger partial charge in [-0.25, -0.2) is 19.0 Å². The third-order valence-corrected chi connectivity index (χ3v) is 33.9. The molecular weight excluding hydrogens is 1380 g/mol. The van der Waals surface area contributed by atoms with Crippen LogP contribution in [0.5, 0.6) is 0 Å². The van der Waals surface area contributed by atoms with E-state index in [2.05, 4.69) is 124 Å². The average Bonchev–Trinajstić information content (AvgIpc) is 1.27. The fourth-order valence-corrected chi connectivity index (χ4v) is 28.5. The zero-order valence-electron chi connectivity index (χ0n) is 63.0. The van der Waals surface area contributed by atoms with E-state index in [0.29, 0.717) is 110 Å².